The van der Waals surface area contributed by atoms with Crippen LogP contribution in [0.25, 0.3) is 11.1 Å². The van der Waals surface area contributed by atoms with Crippen LogP contribution in [-0.2, 0) is 10.0 Å². The first-order chi connectivity index (χ1) is 10.1. The predicted molar refractivity (Wildman–Crippen MR) is 83.9 cm³/mol. The normalized spacial score (nSPS) is 11.3. The zero-order valence-electron chi connectivity index (χ0n) is 12.2. The minimum atomic E-state index is -3.43. The third-order valence-corrected chi connectivity index (χ3v) is 4.52. The third kappa shape index (κ3) is 3.83. The summed E-state index contributed by atoms with van der Waals surface area (Å²) in [7, 11) is -3.43. The molecule has 4 nitrogen and oxygen atoms in total. The number of hydrogen-bond donors (Lipinski definition) is 1. The van der Waals surface area contributed by atoms with Gasteiger partial charge in [0.2, 0.25) is 10.0 Å². The Labute approximate surface area is 125 Å². The van der Waals surface area contributed by atoms with Gasteiger partial charge in [-0.3, -0.25) is 0 Å². The molecule has 0 saturated carbocycles. The molecule has 112 valence electrons. The Morgan fingerprint density at radius 3 is 2.33 bits per heavy atom. The van der Waals surface area contributed by atoms with E-state index in [2.05, 4.69) is 4.72 Å². The van der Waals surface area contributed by atoms with Gasteiger partial charge >= 0.3 is 0 Å². The van der Waals surface area contributed by atoms with Crippen LogP contribution in [0.3, 0.4) is 0 Å². The Kier molecular flexibility index (Phi) is 4.98. The van der Waals surface area contributed by atoms with Crippen molar-refractivity contribution in [3.05, 3.63) is 48.5 Å². The highest BCUT2D eigenvalue weighted by Gasteiger charge is 2.13. The van der Waals surface area contributed by atoms with Gasteiger partial charge < -0.3 is 4.74 Å². The molecule has 5 heteroatoms. The first-order valence-electron chi connectivity index (χ1n) is 6.89. The van der Waals surface area contributed by atoms with Crippen LogP contribution < -0.4 is 9.46 Å². The van der Waals surface area contributed by atoms with Crippen molar-refractivity contribution in [2.45, 2.75) is 18.7 Å². The summed E-state index contributed by atoms with van der Waals surface area (Å²) in [6.07, 6.45) is 0. The van der Waals surface area contributed by atoms with Crippen molar-refractivity contribution in [3.8, 4) is 16.9 Å². The highest BCUT2D eigenvalue weighted by atomic mass is 32.2. The molecule has 2 aromatic carbocycles. The average molecular weight is 305 g/mol. The molecule has 21 heavy (non-hydrogen) atoms. The van der Waals surface area contributed by atoms with Crippen LogP contribution in [0, 0.1) is 0 Å². The molecular formula is C16H19NO3S. The molecule has 2 rings (SSSR count). The number of sulfonamides is 1. The minimum absolute atomic E-state index is 0.274. The van der Waals surface area contributed by atoms with Gasteiger partial charge in [0.1, 0.15) is 5.75 Å². The molecule has 0 fully saturated rings. The molecule has 0 bridgehead atoms. The fourth-order valence-corrected chi connectivity index (χ4v) is 3.11. The van der Waals surface area contributed by atoms with E-state index < -0.39 is 10.0 Å². The second-order valence-corrected chi connectivity index (χ2v) is 6.25. The molecule has 0 aliphatic heterocycles. The highest BCUT2D eigenvalue weighted by Crippen LogP contribution is 2.24. The van der Waals surface area contributed by atoms with Crippen LogP contribution >= 0.6 is 0 Å². The van der Waals surface area contributed by atoms with E-state index in [9.17, 15) is 8.42 Å². The molecule has 0 unspecified atom stereocenters. The van der Waals surface area contributed by atoms with Crippen molar-refractivity contribution in [1.82, 2.24) is 4.72 Å². The molecule has 0 saturated heterocycles. The molecular weight excluding hydrogens is 286 g/mol. The second kappa shape index (κ2) is 6.74. The van der Waals surface area contributed by atoms with Gasteiger partial charge in [0, 0.05) is 6.54 Å². The summed E-state index contributed by atoms with van der Waals surface area (Å²) in [4.78, 5) is 0.274. The predicted octanol–water partition coefficient (Wildman–Crippen LogP) is 3.05. The standard InChI is InChI=1S/C16H19NO3S/c1-3-17-21(18,19)16-7-5-6-14(12-16)13-8-10-15(11-9-13)20-4-2/h5-12,17H,3-4H2,1-2H3. The number of benzene rings is 2. The Balaban J connectivity index is 2.33. The van der Waals surface area contributed by atoms with Crippen LogP contribution in [0.15, 0.2) is 53.4 Å². The summed E-state index contributed by atoms with van der Waals surface area (Å²) in [5.41, 5.74) is 1.81. The third-order valence-electron chi connectivity index (χ3n) is 2.98. The van der Waals surface area contributed by atoms with Crippen molar-refractivity contribution in [1.29, 1.82) is 0 Å². The lowest BCUT2D eigenvalue weighted by atomic mass is 10.1. The van der Waals surface area contributed by atoms with E-state index in [-0.39, 0.29) is 4.90 Å². The fraction of sp³-hybridized carbons (Fsp3) is 0.250. The van der Waals surface area contributed by atoms with Crippen LogP contribution in [0.5, 0.6) is 5.75 Å². The first-order valence-corrected chi connectivity index (χ1v) is 8.38. The van der Waals surface area contributed by atoms with E-state index in [0.717, 1.165) is 16.9 Å². The minimum Gasteiger partial charge on any atom is -0.494 e. The lowest BCUT2D eigenvalue weighted by Gasteiger charge is -2.08. The van der Waals surface area contributed by atoms with Gasteiger partial charge in [0.05, 0.1) is 11.5 Å². The van der Waals surface area contributed by atoms with Crippen LogP contribution in [0.4, 0.5) is 0 Å². The zero-order valence-corrected chi connectivity index (χ0v) is 13.0. The van der Waals surface area contributed by atoms with Crippen LogP contribution in [0.1, 0.15) is 13.8 Å². The van der Waals surface area contributed by atoms with E-state index in [4.69, 9.17) is 4.74 Å². The number of ether oxygens (including phenoxy) is 1. The number of hydrogen-bond acceptors (Lipinski definition) is 3. The van der Waals surface area contributed by atoms with E-state index >= 15 is 0 Å². The Hall–Kier alpha value is -1.85. The molecule has 0 atom stereocenters. The summed E-state index contributed by atoms with van der Waals surface area (Å²) in [6.45, 7) is 4.68. The van der Waals surface area contributed by atoms with Gasteiger partial charge in [-0.15, -0.1) is 0 Å². The zero-order chi connectivity index (χ0) is 15.3. The van der Waals surface area contributed by atoms with Gasteiger partial charge in [-0.25, -0.2) is 13.1 Å². The van der Waals surface area contributed by atoms with Crippen molar-refractivity contribution in [2.75, 3.05) is 13.2 Å². The maximum absolute atomic E-state index is 12.0. The Bertz CT molecular complexity index is 694. The van der Waals surface area contributed by atoms with Gasteiger partial charge in [0.15, 0.2) is 0 Å². The van der Waals surface area contributed by atoms with Gasteiger partial charge in [-0.1, -0.05) is 31.2 Å². The summed E-state index contributed by atoms with van der Waals surface area (Å²) in [6, 6.07) is 14.5. The largest absolute Gasteiger partial charge is 0.494 e. The lowest BCUT2D eigenvalue weighted by Crippen LogP contribution is -2.23. The smallest absolute Gasteiger partial charge is 0.240 e. The van der Waals surface area contributed by atoms with E-state index in [0.29, 0.717) is 13.2 Å². The molecule has 1 N–H and O–H groups in total. The van der Waals surface area contributed by atoms with Crippen LogP contribution in [-0.4, -0.2) is 21.6 Å². The molecule has 0 aliphatic carbocycles. The summed E-state index contributed by atoms with van der Waals surface area (Å²) in [5, 5.41) is 0. The summed E-state index contributed by atoms with van der Waals surface area (Å²) >= 11 is 0. The first kappa shape index (κ1) is 15.5. The molecule has 0 spiro atoms. The molecule has 2 aromatic rings. The average Bonchev–Trinajstić information content (AvgIpc) is 2.48. The Morgan fingerprint density at radius 2 is 1.71 bits per heavy atom. The van der Waals surface area contributed by atoms with E-state index in [1.165, 1.54) is 0 Å². The molecule has 0 radical (unpaired) electrons. The Morgan fingerprint density at radius 1 is 1.00 bits per heavy atom. The quantitative estimate of drug-likeness (QED) is 0.892. The molecule has 0 aromatic heterocycles. The maximum atomic E-state index is 12.0. The van der Waals surface area contributed by atoms with Crippen molar-refractivity contribution < 1.29 is 13.2 Å². The number of nitrogens with one attached hydrogen (secondary N) is 1. The molecule has 0 aliphatic rings. The fourth-order valence-electron chi connectivity index (χ4n) is 2.03. The van der Waals surface area contributed by atoms with Gasteiger partial charge in [-0.05, 0) is 42.3 Å². The second-order valence-electron chi connectivity index (χ2n) is 4.49. The highest BCUT2D eigenvalue weighted by molar-refractivity contribution is 7.89. The molecule has 0 heterocycles. The maximum Gasteiger partial charge on any atom is 0.240 e. The van der Waals surface area contributed by atoms with E-state index in [1.807, 2.05) is 37.3 Å². The summed E-state index contributed by atoms with van der Waals surface area (Å²) in [5.74, 6) is 0.803. The van der Waals surface area contributed by atoms with Crippen LogP contribution in [0.2, 0.25) is 0 Å². The number of rotatable bonds is 6. The van der Waals surface area contributed by atoms with Gasteiger partial charge in [-0.2, -0.15) is 0 Å². The monoisotopic (exact) mass is 305 g/mol. The summed E-state index contributed by atoms with van der Waals surface area (Å²) < 4.78 is 31.9. The van der Waals surface area contributed by atoms with Crippen molar-refractivity contribution >= 4 is 10.0 Å². The lowest BCUT2D eigenvalue weighted by molar-refractivity contribution is 0.340. The SMILES string of the molecule is CCNS(=O)(=O)c1cccc(-c2ccc(OCC)cc2)c1. The topological polar surface area (TPSA) is 55.4 Å². The van der Waals surface area contributed by atoms with Crippen molar-refractivity contribution in [3.63, 3.8) is 0 Å². The van der Waals surface area contributed by atoms with Gasteiger partial charge in [0.25, 0.3) is 0 Å². The molecule has 0 amide bonds. The van der Waals surface area contributed by atoms with E-state index in [1.54, 1.807) is 25.1 Å². The van der Waals surface area contributed by atoms with Crippen molar-refractivity contribution in [2.24, 2.45) is 0 Å².